The summed E-state index contributed by atoms with van der Waals surface area (Å²) in [5, 5.41) is 0. The van der Waals surface area contributed by atoms with E-state index in [0.717, 1.165) is 14.7 Å². The van der Waals surface area contributed by atoms with Gasteiger partial charge >= 0.3 is 170 Å². The molecule has 0 aliphatic heterocycles. The van der Waals surface area contributed by atoms with E-state index in [1.165, 1.54) is 25.0 Å². The molecule has 2 aromatic carbocycles. The molecular weight excluding hydrogens is 455 g/mol. The number of rotatable bonds is 6. The van der Waals surface area contributed by atoms with Gasteiger partial charge in [0.2, 0.25) is 0 Å². The molecule has 146 valence electrons. The van der Waals surface area contributed by atoms with E-state index in [2.05, 4.69) is 45.9 Å². The van der Waals surface area contributed by atoms with Crippen LogP contribution in [0, 0.1) is 3.57 Å². The number of carbonyl (C=O) groups is 2. The third kappa shape index (κ3) is 5.31. The SMILES string of the molecule is CC(=O)OI(OC(C)=O)c1ccccc1-c1c(C(C)C)cccc1C(C)C. The van der Waals surface area contributed by atoms with Crippen molar-refractivity contribution in [2.24, 2.45) is 0 Å². The maximum absolute atomic E-state index is 11.6. The third-order valence-corrected chi connectivity index (χ3v) is 7.97. The summed E-state index contributed by atoms with van der Waals surface area (Å²) in [5.74, 6) is -0.206. The van der Waals surface area contributed by atoms with Crippen molar-refractivity contribution in [2.75, 3.05) is 0 Å². The zero-order valence-electron chi connectivity index (χ0n) is 16.7. The van der Waals surface area contributed by atoms with Crippen LogP contribution in [0.4, 0.5) is 0 Å². The van der Waals surface area contributed by atoms with E-state index < -0.39 is 32.6 Å². The second-order valence-electron chi connectivity index (χ2n) is 6.96. The summed E-state index contributed by atoms with van der Waals surface area (Å²) in [6.07, 6.45) is 0. The first-order valence-corrected chi connectivity index (χ1v) is 11.9. The first kappa shape index (κ1) is 21.4. The van der Waals surface area contributed by atoms with Crippen LogP contribution in [0.1, 0.15) is 64.5 Å². The first-order valence-electron chi connectivity index (χ1n) is 9.02. The number of hydrogen-bond acceptors (Lipinski definition) is 4. The fraction of sp³-hybridized carbons (Fsp3) is 0.364. The first-order chi connectivity index (χ1) is 12.7. The van der Waals surface area contributed by atoms with E-state index in [-0.39, 0.29) is 0 Å². The van der Waals surface area contributed by atoms with Crippen LogP contribution in [0.15, 0.2) is 42.5 Å². The van der Waals surface area contributed by atoms with E-state index in [9.17, 15) is 9.59 Å². The van der Waals surface area contributed by atoms with Crippen LogP contribution in [0.3, 0.4) is 0 Å². The average Bonchev–Trinajstić information content (AvgIpc) is 2.59. The molecule has 0 unspecified atom stereocenters. The van der Waals surface area contributed by atoms with Gasteiger partial charge in [-0.1, -0.05) is 0 Å². The molecule has 2 rings (SSSR count). The molecule has 5 heteroatoms. The molecule has 0 radical (unpaired) electrons. The van der Waals surface area contributed by atoms with Gasteiger partial charge in [0, 0.05) is 0 Å². The van der Waals surface area contributed by atoms with Gasteiger partial charge < -0.3 is 0 Å². The van der Waals surface area contributed by atoms with Gasteiger partial charge in [0.25, 0.3) is 0 Å². The molecule has 0 amide bonds. The summed E-state index contributed by atoms with van der Waals surface area (Å²) in [6.45, 7) is 11.4. The predicted octanol–water partition coefficient (Wildman–Crippen LogP) is 6.23. The Labute approximate surface area is 169 Å². The topological polar surface area (TPSA) is 52.6 Å². The Kier molecular flexibility index (Phi) is 7.41. The van der Waals surface area contributed by atoms with Gasteiger partial charge in [-0.15, -0.1) is 0 Å². The van der Waals surface area contributed by atoms with E-state index in [1.807, 2.05) is 24.3 Å². The Morgan fingerprint density at radius 1 is 0.778 bits per heavy atom. The number of carbonyl (C=O) groups excluding carboxylic acids is 2. The molecule has 0 N–H and O–H groups in total. The van der Waals surface area contributed by atoms with Crippen LogP contribution in [0.5, 0.6) is 0 Å². The maximum atomic E-state index is 11.6. The van der Waals surface area contributed by atoms with Gasteiger partial charge in [-0.25, -0.2) is 0 Å². The second kappa shape index (κ2) is 9.35. The zero-order chi connectivity index (χ0) is 20.1. The van der Waals surface area contributed by atoms with Crippen molar-refractivity contribution < 1.29 is 15.7 Å². The van der Waals surface area contributed by atoms with Crippen molar-refractivity contribution >= 4 is 32.6 Å². The van der Waals surface area contributed by atoms with Crippen molar-refractivity contribution in [3.63, 3.8) is 0 Å². The minimum absolute atomic E-state index is 0.330. The van der Waals surface area contributed by atoms with Crippen LogP contribution in [0.2, 0.25) is 0 Å². The molecule has 0 aliphatic rings. The van der Waals surface area contributed by atoms with Crippen molar-refractivity contribution in [2.45, 2.75) is 53.4 Å². The fourth-order valence-corrected chi connectivity index (χ4v) is 6.07. The van der Waals surface area contributed by atoms with Crippen LogP contribution >= 0.6 is 20.6 Å². The van der Waals surface area contributed by atoms with Crippen molar-refractivity contribution in [3.8, 4) is 11.1 Å². The molecule has 0 saturated carbocycles. The summed E-state index contributed by atoms with van der Waals surface area (Å²) >= 11 is -2.93. The summed E-state index contributed by atoms with van der Waals surface area (Å²) in [5.41, 5.74) is 4.60. The Bertz CT molecular complexity index is 785. The van der Waals surface area contributed by atoms with E-state index in [1.54, 1.807) is 0 Å². The summed E-state index contributed by atoms with van der Waals surface area (Å²) < 4.78 is 11.8. The number of hydrogen-bond donors (Lipinski definition) is 0. The monoisotopic (exact) mass is 482 g/mol. The predicted molar refractivity (Wildman–Crippen MR) is 116 cm³/mol. The van der Waals surface area contributed by atoms with Gasteiger partial charge in [-0.05, 0) is 0 Å². The Morgan fingerprint density at radius 2 is 1.26 bits per heavy atom. The van der Waals surface area contributed by atoms with Crippen LogP contribution in [-0.2, 0) is 15.7 Å². The summed E-state index contributed by atoms with van der Waals surface area (Å²) in [4.78, 5) is 23.3. The van der Waals surface area contributed by atoms with Gasteiger partial charge in [0.05, 0.1) is 0 Å². The zero-order valence-corrected chi connectivity index (χ0v) is 18.9. The Morgan fingerprint density at radius 3 is 1.70 bits per heavy atom. The molecule has 0 saturated heterocycles. The van der Waals surface area contributed by atoms with Crippen LogP contribution in [-0.4, -0.2) is 11.9 Å². The third-order valence-electron chi connectivity index (χ3n) is 4.04. The van der Waals surface area contributed by atoms with Gasteiger partial charge in [0.15, 0.2) is 0 Å². The van der Waals surface area contributed by atoms with Gasteiger partial charge in [-0.2, -0.15) is 0 Å². The van der Waals surface area contributed by atoms with Crippen LogP contribution < -0.4 is 0 Å². The molecular formula is C22H27IO4. The molecule has 2 aromatic rings. The van der Waals surface area contributed by atoms with E-state index in [0.29, 0.717) is 11.8 Å². The van der Waals surface area contributed by atoms with E-state index >= 15 is 0 Å². The molecule has 0 bridgehead atoms. The molecule has 27 heavy (non-hydrogen) atoms. The average molecular weight is 482 g/mol. The van der Waals surface area contributed by atoms with E-state index in [4.69, 9.17) is 6.13 Å². The standard InChI is InChI=1S/C22H27IO4/c1-14(2)18-11-9-12-19(15(3)4)22(18)20-10-7-8-13-21(20)23(26-16(5)24)27-17(6)25/h7-15H,1-6H3. The van der Waals surface area contributed by atoms with Gasteiger partial charge in [-0.3, -0.25) is 0 Å². The normalized spacial score (nSPS) is 11.5. The molecule has 0 aromatic heterocycles. The van der Waals surface area contributed by atoms with Crippen LogP contribution in [0.25, 0.3) is 11.1 Å². The number of benzene rings is 2. The number of halogens is 1. The summed E-state index contributed by atoms with van der Waals surface area (Å²) in [6, 6.07) is 14.2. The van der Waals surface area contributed by atoms with Crippen molar-refractivity contribution in [1.82, 2.24) is 0 Å². The molecule has 4 nitrogen and oxygen atoms in total. The van der Waals surface area contributed by atoms with Crippen molar-refractivity contribution in [1.29, 1.82) is 0 Å². The minimum atomic E-state index is -2.93. The summed E-state index contributed by atoms with van der Waals surface area (Å²) in [7, 11) is 0. The molecule has 0 aliphatic carbocycles. The quantitative estimate of drug-likeness (QED) is 0.458. The molecule has 0 atom stereocenters. The molecule has 0 spiro atoms. The molecule has 0 heterocycles. The van der Waals surface area contributed by atoms with Crippen molar-refractivity contribution in [3.05, 3.63) is 57.2 Å². The van der Waals surface area contributed by atoms with Gasteiger partial charge in [0.1, 0.15) is 0 Å². The fourth-order valence-electron chi connectivity index (χ4n) is 2.96. The Balaban J connectivity index is 2.74. The molecule has 0 fully saturated rings. The second-order valence-corrected chi connectivity index (χ2v) is 10.2. The Hall–Kier alpha value is -1.89.